The lowest BCUT2D eigenvalue weighted by Gasteiger charge is -2.00. The van der Waals surface area contributed by atoms with E-state index in [1.165, 1.54) is 6.07 Å². The number of fused-ring (bicyclic) bond motifs is 5. The summed E-state index contributed by atoms with van der Waals surface area (Å²) in [5.41, 5.74) is 2.33. The molecule has 19 heavy (non-hydrogen) atoms. The van der Waals surface area contributed by atoms with Gasteiger partial charge in [0.25, 0.3) is 0 Å². The van der Waals surface area contributed by atoms with E-state index in [1.807, 2.05) is 19.1 Å². The molecular formula is C14H8N2O3. The Morgan fingerprint density at radius 3 is 2.74 bits per heavy atom. The van der Waals surface area contributed by atoms with E-state index in [9.17, 15) is 4.79 Å². The Morgan fingerprint density at radius 2 is 1.84 bits per heavy atom. The van der Waals surface area contributed by atoms with Crippen molar-refractivity contribution in [3.05, 3.63) is 46.6 Å². The Morgan fingerprint density at radius 1 is 1.00 bits per heavy atom. The average Bonchev–Trinajstić information content (AvgIpc) is 2.77. The van der Waals surface area contributed by atoms with E-state index in [2.05, 4.69) is 10.2 Å². The van der Waals surface area contributed by atoms with Crippen LogP contribution >= 0.6 is 0 Å². The Kier molecular flexibility index (Phi) is 1.84. The summed E-state index contributed by atoms with van der Waals surface area (Å²) < 4.78 is 11.0. The third-order valence-corrected chi connectivity index (χ3v) is 3.26. The molecule has 5 nitrogen and oxygen atoms in total. The summed E-state index contributed by atoms with van der Waals surface area (Å²) in [5, 5.41) is 10.1. The Hall–Kier alpha value is -2.69. The van der Waals surface area contributed by atoms with Gasteiger partial charge in [-0.25, -0.2) is 4.79 Å². The van der Waals surface area contributed by atoms with Crippen LogP contribution in [0.25, 0.3) is 32.9 Å². The highest BCUT2D eigenvalue weighted by molar-refractivity contribution is 6.16. The highest BCUT2D eigenvalue weighted by atomic mass is 16.4. The summed E-state index contributed by atoms with van der Waals surface area (Å²) in [4.78, 5) is 11.6. The van der Waals surface area contributed by atoms with Gasteiger partial charge < -0.3 is 8.83 Å². The van der Waals surface area contributed by atoms with E-state index in [4.69, 9.17) is 8.83 Å². The minimum Gasteiger partial charge on any atom is -0.454 e. The monoisotopic (exact) mass is 252 g/mol. The van der Waals surface area contributed by atoms with Crippen molar-refractivity contribution in [1.82, 2.24) is 10.2 Å². The number of benzene rings is 1. The van der Waals surface area contributed by atoms with E-state index in [-0.39, 0.29) is 5.63 Å². The number of aromatic nitrogens is 2. The number of hydrogen-bond donors (Lipinski definition) is 0. The second-order valence-corrected chi connectivity index (χ2v) is 4.43. The van der Waals surface area contributed by atoms with Crippen LogP contribution in [0.5, 0.6) is 0 Å². The van der Waals surface area contributed by atoms with Crippen molar-refractivity contribution in [2.45, 2.75) is 6.92 Å². The molecule has 0 N–H and O–H groups in total. The molecule has 4 aromatic rings. The number of hydrogen-bond acceptors (Lipinski definition) is 5. The predicted molar refractivity (Wildman–Crippen MR) is 70.1 cm³/mol. The maximum atomic E-state index is 11.6. The maximum absolute atomic E-state index is 11.6. The van der Waals surface area contributed by atoms with E-state index >= 15 is 0 Å². The van der Waals surface area contributed by atoms with Crippen LogP contribution in [-0.2, 0) is 0 Å². The molecule has 3 aromatic heterocycles. The van der Waals surface area contributed by atoms with Crippen LogP contribution in [0.15, 0.2) is 44.2 Å². The van der Waals surface area contributed by atoms with Gasteiger partial charge in [-0.3, -0.25) is 0 Å². The normalized spacial score (nSPS) is 11.6. The summed E-state index contributed by atoms with van der Waals surface area (Å²) in [6.07, 6.45) is 3.16. The lowest BCUT2D eigenvalue weighted by Crippen LogP contribution is -1.97. The first-order valence-electron chi connectivity index (χ1n) is 5.80. The summed E-state index contributed by atoms with van der Waals surface area (Å²) in [5.74, 6) is 0. The average molecular weight is 252 g/mol. The lowest BCUT2D eigenvalue weighted by atomic mass is 10.1. The first-order valence-corrected chi connectivity index (χ1v) is 5.80. The molecule has 5 heteroatoms. The molecule has 4 rings (SSSR count). The zero-order valence-electron chi connectivity index (χ0n) is 10.0. The van der Waals surface area contributed by atoms with Gasteiger partial charge in [-0.2, -0.15) is 10.2 Å². The summed E-state index contributed by atoms with van der Waals surface area (Å²) in [6, 6.07) is 5.24. The van der Waals surface area contributed by atoms with Crippen LogP contribution in [0.3, 0.4) is 0 Å². The molecule has 0 atom stereocenters. The van der Waals surface area contributed by atoms with Gasteiger partial charge in [-0.1, -0.05) is 0 Å². The molecule has 0 aliphatic rings. The molecule has 0 radical (unpaired) electrons. The standard InChI is InChI=1S/C14H8N2O3/c1-7-4-12(17)19-14-8(7)2-3-10-13(14)9-5-15-16-6-11(9)18-10/h2-6H,1H3. The molecule has 0 saturated heterocycles. The largest absolute Gasteiger partial charge is 0.454 e. The second kappa shape index (κ2) is 3.41. The molecule has 1 aromatic carbocycles. The highest BCUT2D eigenvalue weighted by Gasteiger charge is 2.14. The van der Waals surface area contributed by atoms with Crippen molar-refractivity contribution in [2.75, 3.05) is 0 Å². The van der Waals surface area contributed by atoms with Gasteiger partial charge in [0.05, 0.1) is 23.2 Å². The topological polar surface area (TPSA) is 69.1 Å². The molecule has 92 valence electrons. The minimum atomic E-state index is -0.367. The Labute approximate surface area is 106 Å². The van der Waals surface area contributed by atoms with Crippen molar-refractivity contribution >= 4 is 32.9 Å². The minimum absolute atomic E-state index is 0.367. The molecule has 0 saturated carbocycles. The predicted octanol–water partition coefficient (Wildman–Crippen LogP) is 2.79. The van der Waals surface area contributed by atoms with E-state index in [0.717, 1.165) is 21.7 Å². The number of rotatable bonds is 0. The highest BCUT2D eigenvalue weighted by Crippen LogP contribution is 2.33. The summed E-state index contributed by atoms with van der Waals surface area (Å²) >= 11 is 0. The quantitative estimate of drug-likeness (QED) is 0.450. The van der Waals surface area contributed by atoms with Crippen LogP contribution in [0, 0.1) is 6.92 Å². The SMILES string of the molecule is Cc1cc(=O)oc2c1ccc1oc3cnncc3c12. The van der Waals surface area contributed by atoms with Crippen LogP contribution < -0.4 is 5.63 Å². The number of nitrogens with zero attached hydrogens (tertiary/aromatic N) is 2. The fourth-order valence-electron chi connectivity index (χ4n) is 2.40. The molecular weight excluding hydrogens is 244 g/mol. The van der Waals surface area contributed by atoms with Crippen molar-refractivity contribution in [1.29, 1.82) is 0 Å². The van der Waals surface area contributed by atoms with E-state index in [1.54, 1.807) is 12.4 Å². The smallest absolute Gasteiger partial charge is 0.336 e. The molecule has 0 bridgehead atoms. The van der Waals surface area contributed by atoms with Gasteiger partial charge in [-0.15, -0.1) is 0 Å². The van der Waals surface area contributed by atoms with Crippen LogP contribution in [0.1, 0.15) is 5.56 Å². The van der Waals surface area contributed by atoms with Gasteiger partial charge in [-0.05, 0) is 24.6 Å². The molecule has 0 fully saturated rings. The maximum Gasteiger partial charge on any atom is 0.336 e. The zero-order valence-corrected chi connectivity index (χ0v) is 10.0. The Bertz CT molecular complexity index is 998. The van der Waals surface area contributed by atoms with Gasteiger partial charge in [0.15, 0.2) is 5.58 Å². The van der Waals surface area contributed by atoms with Gasteiger partial charge in [0.2, 0.25) is 0 Å². The van der Waals surface area contributed by atoms with Gasteiger partial charge >= 0.3 is 5.63 Å². The molecule has 0 spiro atoms. The van der Waals surface area contributed by atoms with E-state index < -0.39 is 0 Å². The molecule has 0 amide bonds. The van der Waals surface area contributed by atoms with Gasteiger partial charge in [0.1, 0.15) is 11.2 Å². The fourth-order valence-corrected chi connectivity index (χ4v) is 2.40. The summed E-state index contributed by atoms with van der Waals surface area (Å²) in [6.45, 7) is 1.88. The van der Waals surface area contributed by atoms with Crippen LogP contribution in [0.4, 0.5) is 0 Å². The van der Waals surface area contributed by atoms with Crippen molar-refractivity contribution in [3.8, 4) is 0 Å². The van der Waals surface area contributed by atoms with Crippen molar-refractivity contribution in [3.63, 3.8) is 0 Å². The second-order valence-electron chi connectivity index (χ2n) is 4.43. The van der Waals surface area contributed by atoms with E-state index in [0.29, 0.717) is 16.7 Å². The number of furan rings is 1. The molecule has 0 unspecified atom stereocenters. The van der Waals surface area contributed by atoms with Gasteiger partial charge in [0, 0.05) is 11.5 Å². The summed E-state index contributed by atoms with van der Waals surface area (Å²) in [7, 11) is 0. The zero-order chi connectivity index (χ0) is 13.0. The third-order valence-electron chi connectivity index (χ3n) is 3.26. The van der Waals surface area contributed by atoms with Crippen LogP contribution in [-0.4, -0.2) is 10.2 Å². The molecule has 0 aliphatic carbocycles. The first-order chi connectivity index (χ1) is 9.24. The van der Waals surface area contributed by atoms with Crippen molar-refractivity contribution in [2.24, 2.45) is 0 Å². The third kappa shape index (κ3) is 1.32. The Balaban J connectivity index is 2.39. The lowest BCUT2D eigenvalue weighted by molar-refractivity contribution is 0.562. The molecule has 3 heterocycles. The van der Waals surface area contributed by atoms with Crippen LogP contribution in [0.2, 0.25) is 0 Å². The van der Waals surface area contributed by atoms with Crippen molar-refractivity contribution < 1.29 is 8.83 Å². The number of aryl methyl sites for hydroxylation is 1. The first kappa shape index (κ1) is 10.3. The fraction of sp³-hybridized carbons (Fsp3) is 0.0714. The molecule has 0 aliphatic heterocycles.